The van der Waals surface area contributed by atoms with Crippen molar-refractivity contribution in [3.63, 3.8) is 0 Å². The van der Waals surface area contributed by atoms with E-state index < -0.39 is 51.3 Å². The number of benzene rings is 3. The largest absolute Gasteiger partial charge is 0.457 e. The lowest BCUT2D eigenvalue weighted by Gasteiger charge is -2.16. The highest BCUT2D eigenvalue weighted by atomic mass is 19.4. The van der Waals surface area contributed by atoms with Crippen LogP contribution in [-0.4, -0.2) is 55.1 Å². The first kappa shape index (κ1) is 37.8. The van der Waals surface area contributed by atoms with Gasteiger partial charge in [0.15, 0.2) is 0 Å². The fourth-order valence-electron chi connectivity index (χ4n) is 4.85. The number of aliphatic hydroxyl groups excluding tert-OH is 2. The van der Waals surface area contributed by atoms with Gasteiger partial charge in [-0.3, -0.25) is 0 Å². The summed E-state index contributed by atoms with van der Waals surface area (Å²) in [5, 5.41) is 18.2. The number of alkyl halides is 3. The van der Waals surface area contributed by atoms with Gasteiger partial charge in [0, 0.05) is 12.5 Å². The molecule has 8 nitrogen and oxygen atoms in total. The van der Waals surface area contributed by atoms with Crippen LogP contribution in [0.5, 0.6) is 11.5 Å². The molecule has 3 aromatic carbocycles. The SMILES string of the molecule is C=C(CO)C(=O)OCOc1cc(OCOC(=O)C(=C)CO)cc(-c2ccc(-c3ccc(CCCCCC(F)(F)F)c(C)c3)c(CC)c2)c1. The zero-order valence-corrected chi connectivity index (χ0v) is 27.2. The molecule has 48 heavy (non-hydrogen) atoms. The molecule has 0 saturated heterocycles. The van der Waals surface area contributed by atoms with Gasteiger partial charge in [-0.2, -0.15) is 13.2 Å². The molecule has 0 amide bonds. The van der Waals surface area contributed by atoms with Crippen LogP contribution in [0.1, 0.15) is 49.3 Å². The maximum Gasteiger partial charge on any atom is 0.389 e. The first-order valence-electron chi connectivity index (χ1n) is 15.5. The first-order chi connectivity index (χ1) is 22.8. The number of esters is 2. The van der Waals surface area contributed by atoms with Gasteiger partial charge in [0.05, 0.1) is 24.4 Å². The zero-order valence-electron chi connectivity index (χ0n) is 27.2. The van der Waals surface area contributed by atoms with E-state index in [4.69, 9.17) is 29.2 Å². The number of halogens is 3. The van der Waals surface area contributed by atoms with E-state index >= 15 is 0 Å². The number of carbonyl (C=O) groups excluding carboxylic acids is 2. The van der Waals surface area contributed by atoms with E-state index in [2.05, 4.69) is 19.2 Å². The molecule has 0 aliphatic rings. The molecule has 2 N–H and O–H groups in total. The second kappa shape index (κ2) is 18.1. The minimum atomic E-state index is -4.11. The predicted octanol–water partition coefficient (Wildman–Crippen LogP) is 7.41. The van der Waals surface area contributed by atoms with Gasteiger partial charge >= 0.3 is 18.1 Å². The lowest BCUT2D eigenvalue weighted by molar-refractivity contribution is -0.146. The van der Waals surface area contributed by atoms with Crippen molar-refractivity contribution in [2.45, 2.75) is 58.5 Å². The number of hydrogen-bond acceptors (Lipinski definition) is 8. The van der Waals surface area contributed by atoms with Crippen molar-refractivity contribution in [3.05, 3.63) is 95.6 Å². The molecular weight excluding hydrogens is 629 g/mol. The summed E-state index contributed by atoms with van der Waals surface area (Å²) in [5.41, 5.74) is 6.59. The highest BCUT2D eigenvalue weighted by molar-refractivity contribution is 5.88. The van der Waals surface area contributed by atoms with Gasteiger partial charge in [0.2, 0.25) is 13.6 Å². The molecule has 0 atom stereocenters. The summed E-state index contributed by atoms with van der Waals surface area (Å²) in [6.07, 6.45) is -2.07. The van der Waals surface area contributed by atoms with Crippen molar-refractivity contribution < 1.29 is 51.9 Å². The van der Waals surface area contributed by atoms with Gasteiger partial charge in [-0.25, -0.2) is 9.59 Å². The molecule has 0 spiro atoms. The first-order valence-corrected chi connectivity index (χ1v) is 15.5. The van der Waals surface area contributed by atoms with Gasteiger partial charge in [-0.1, -0.05) is 62.9 Å². The molecule has 3 rings (SSSR count). The maximum absolute atomic E-state index is 12.4. The lowest BCUT2D eigenvalue weighted by atomic mass is 9.91. The van der Waals surface area contributed by atoms with E-state index in [0.717, 1.165) is 46.2 Å². The smallest absolute Gasteiger partial charge is 0.389 e. The summed E-state index contributed by atoms with van der Waals surface area (Å²) < 4.78 is 58.6. The Labute approximate surface area is 278 Å². The topological polar surface area (TPSA) is 112 Å². The average Bonchev–Trinajstić information content (AvgIpc) is 3.06. The van der Waals surface area contributed by atoms with Crippen LogP contribution in [0.4, 0.5) is 13.2 Å². The number of hydrogen-bond donors (Lipinski definition) is 2. The Morgan fingerprint density at radius 2 is 1.31 bits per heavy atom. The molecule has 0 radical (unpaired) electrons. The van der Waals surface area contributed by atoms with Crippen molar-refractivity contribution >= 4 is 11.9 Å². The van der Waals surface area contributed by atoms with E-state index in [1.807, 2.05) is 44.2 Å². The van der Waals surface area contributed by atoms with Gasteiger partial charge in [-0.05, 0) is 83.7 Å². The monoisotopic (exact) mass is 670 g/mol. The Kier molecular flexibility index (Phi) is 14.2. The fraction of sp³-hybridized carbons (Fsp3) is 0.351. The van der Waals surface area contributed by atoms with E-state index in [0.29, 0.717) is 18.4 Å². The summed E-state index contributed by atoms with van der Waals surface area (Å²) in [4.78, 5) is 23.7. The number of ether oxygens (including phenoxy) is 4. The van der Waals surface area contributed by atoms with Crippen LogP contribution < -0.4 is 9.47 Å². The molecule has 0 fully saturated rings. The molecule has 0 saturated carbocycles. The molecule has 0 heterocycles. The minimum Gasteiger partial charge on any atom is -0.457 e. The summed E-state index contributed by atoms with van der Waals surface area (Å²) in [7, 11) is 0. The van der Waals surface area contributed by atoms with Crippen molar-refractivity contribution in [3.8, 4) is 33.8 Å². The van der Waals surface area contributed by atoms with Crippen LogP contribution in [0.2, 0.25) is 0 Å². The quantitative estimate of drug-likeness (QED) is 0.0623. The van der Waals surface area contributed by atoms with E-state index in [9.17, 15) is 22.8 Å². The van der Waals surface area contributed by atoms with E-state index in [1.54, 1.807) is 12.1 Å². The van der Waals surface area contributed by atoms with Crippen LogP contribution in [-0.2, 0) is 31.9 Å². The molecule has 11 heteroatoms. The summed E-state index contributed by atoms with van der Waals surface area (Å²) in [6.45, 7) is 8.85. The van der Waals surface area contributed by atoms with Crippen LogP contribution in [0.3, 0.4) is 0 Å². The van der Waals surface area contributed by atoms with E-state index in [-0.39, 0.29) is 29.1 Å². The minimum absolute atomic E-state index is 0.125. The Morgan fingerprint density at radius 3 is 1.83 bits per heavy atom. The molecule has 3 aromatic rings. The van der Waals surface area contributed by atoms with Gasteiger partial charge < -0.3 is 29.2 Å². The summed E-state index contributed by atoms with van der Waals surface area (Å²) >= 11 is 0. The Balaban J connectivity index is 1.82. The average molecular weight is 671 g/mol. The maximum atomic E-state index is 12.4. The Morgan fingerprint density at radius 1 is 0.729 bits per heavy atom. The van der Waals surface area contributed by atoms with Crippen molar-refractivity contribution in [2.24, 2.45) is 0 Å². The molecule has 0 unspecified atom stereocenters. The number of aryl methyl sites for hydroxylation is 3. The molecular formula is C37H41F3O8. The van der Waals surface area contributed by atoms with Crippen LogP contribution in [0.15, 0.2) is 78.9 Å². The Bertz CT molecular complexity index is 1540. The fourth-order valence-corrected chi connectivity index (χ4v) is 4.85. The molecule has 0 bridgehead atoms. The third-order valence-electron chi connectivity index (χ3n) is 7.55. The highest BCUT2D eigenvalue weighted by Gasteiger charge is 2.25. The van der Waals surface area contributed by atoms with Gasteiger partial charge in [0.25, 0.3) is 0 Å². The summed E-state index contributed by atoms with van der Waals surface area (Å²) in [5.74, 6) is -1.06. The zero-order chi connectivity index (χ0) is 35.3. The number of rotatable bonds is 18. The van der Waals surface area contributed by atoms with Crippen molar-refractivity contribution in [2.75, 3.05) is 26.8 Å². The highest BCUT2D eigenvalue weighted by Crippen LogP contribution is 2.35. The van der Waals surface area contributed by atoms with Crippen molar-refractivity contribution in [1.82, 2.24) is 0 Å². The third kappa shape index (κ3) is 11.6. The molecule has 0 aromatic heterocycles. The van der Waals surface area contributed by atoms with Crippen LogP contribution >= 0.6 is 0 Å². The third-order valence-corrected chi connectivity index (χ3v) is 7.55. The van der Waals surface area contributed by atoms with Gasteiger partial charge in [-0.15, -0.1) is 0 Å². The van der Waals surface area contributed by atoms with Crippen LogP contribution in [0, 0.1) is 6.92 Å². The van der Waals surface area contributed by atoms with Gasteiger partial charge in [0.1, 0.15) is 11.5 Å². The predicted molar refractivity (Wildman–Crippen MR) is 175 cm³/mol. The normalized spacial score (nSPS) is 11.1. The molecule has 258 valence electrons. The van der Waals surface area contributed by atoms with E-state index in [1.165, 1.54) is 6.07 Å². The number of carbonyl (C=O) groups is 2. The number of unbranched alkanes of at least 4 members (excludes halogenated alkanes) is 2. The number of aliphatic hydroxyl groups is 2. The van der Waals surface area contributed by atoms with Crippen molar-refractivity contribution in [1.29, 1.82) is 0 Å². The molecule has 0 aliphatic heterocycles. The summed E-state index contributed by atoms with van der Waals surface area (Å²) in [6, 6.07) is 17.1. The molecule has 0 aliphatic carbocycles. The lowest BCUT2D eigenvalue weighted by Crippen LogP contribution is -2.14. The Hall–Kier alpha value is -4.61. The van der Waals surface area contributed by atoms with Crippen LogP contribution in [0.25, 0.3) is 22.3 Å². The standard InChI is InChI=1S/C37H41F3O8/c1-5-27-16-29(12-13-34(27)30-11-10-28(24(2)15-30)9-7-6-8-14-37(38,39)40)31-17-32(45-22-47-35(43)25(3)20-41)19-33(18-31)46-23-48-36(44)26(4)21-42/h10-13,15-19,41-42H,3-9,14,20-23H2,1-2H3. The second-order valence-electron chi connectivity index (χ2n) is 11.1. The second-order valence-corrected chi connectivity index (χ2v) is 11.1.